The van der Waals surface area contributed by atoms with Crippen molar-refractivity contribution in [3.05, 3.63) is 23.8 Å². The van der Waals surface area contributed by atoms with Gasteiger partial charge >= 0.3 is 0 Å². The first-order valence-corrected chi connectivity index (χ1v) is 12.5. The lowest BCUT2D eigenvalue weighted by Crippen LogP contribution is -2.64. The van der Waals surface area contributed by atoms with Gasteiger partial charge in [-0.2, -0.15) is 0 Å². The molecule has 7 heteroatoms. The Balaban J connectivity index is 1.42. The highest BCUT2D eigenvalue weighted by atomic mass is 16.5. The summed E-state index contributed by atoms with van der Waals surface area (Å²) in [7, 11) is 3.26. The summed E-state index contributed by atoms with van der Waals surface area (Å²) < 4.78 is 11.0. The number of methoxy groups -OCH3 is 2. The second-order valence-electron chi connectivity index (χ2n) is 10.3. The molecule has 8 atom stereocenters. The van der Waals surface area contributed by atoms with Gasteiger partial charge in [-0.05, 0) is 54.9 Å². The van der Waals surface area contributed by atoms with Gasteiger partial charge in [0.2, 0.25) is 0 Å². The van der Waals surface area contributed by atoms with Crippen LogP contribution in [0.4, 0.5) is 0 Å². The first kappa shape index (κ1) is 22.4. The van der Waals surface area contributed by atoms with E-state index in [1.165, 1.54) is 31.3 Å². The van der Waals surface area contributed by atoms with Crippen LogP contribution in [0.15, 0.2) is 28.8 Å². The summed E-state index contributed by atoms with van der Waals surface area (Å²) in [5, 5.41) is 28.7. The maximum Gasteiger partial charge on any atom is 0.287 e. The smallest absolute Gasteiger partial charge is 0.287 e. The molecule has 4 N–H and O–H groups in total. The van der Waals surface area contributed by atoms with Crippen molar-refractivity contribution >= 4 is 6.02 Å². The van der Waals surface area contributed by atoms with Crippen LogP contribution in [0.3, 0.4) is 0 Å². The Morgan fingerprint density at radius 3 is 2.59 bits per heavy atom. The summed E-state index contributed by atoms with van der Waals surface area (Å²) in [6.07, 6.45) is 14.0. The quantitative estimate of drug-likeness (QED) is 0.498. The van der Waals surface area contributed by atoms with Crippen molar-refractivity contribution < 1.29 is 19.7 Å². The van der Waals surface area contributed by atoms with E-state index in [-0.39, 0.29) is 24.4 Å². The number of rotatable bonds is 3. The number of allylic oxidation sites excluding steroid dienone is 3. The standard InChI is InChI=1S/C25H39N3O4/c1-31-15-12-20(29)22(21(30)13-15)24-26-23(27-25(28-24)32-2)19-11-14-7-3-4-8-16(14)17-9-5-6-10-18(17)19/h5,9,11,14-18,20-24,26,29-30H,3-4,6-8,10,12-13H2,1-2H3,(H,27,28). The fraction of sp³-hybridized carbons (Fsp3) is 0.800. The summed E-state index contributed by atoms with van der Waals surface area (Å²) in [5.41, 5.74) is 1.37. The van der Waals surface area contributed by atoms with Crippen LogP contribution in [0.2, 0.25) is 0 Å². The summed E-state index contributed by atoms with van der Waals surface area (Å²) in [5.74, 6) is 2.10. The zero-order valence-corrected chi connectivity index (χ0v) is 19.3. The molecule has 8 unspecified atom stereocenters. The van der Waals surface area contributed by atoms with Gasteiger partial charge in [0.05, 0.1) is 31.6 Å². The van der Waals surface area contributed by atoms with E-state index in [2.05, 4.69) is 28.9 Å². The van der Waals surface area contributed by atoms with E-state index >= 15 is 0 Å². The molecule has 5 rings (SSSR count). The maximum atomic E-state index is 10.9. The number of nitrogens with one attached hydrogen (secondary N) is 2. The predicted octanol–water partition coefficient (Wildman–Crippen LogP) is 2.31. The first-order valence-electron chi connectivity index (χ1n) is 12.5. The van der Waals surface area contributed by atoms with Gasteiger partial charge in [0.25, 0.3) is 6.02 Å². The molecule has 0 radical (unpaired) electrons. The molecular formula is C25H39N3O4. The number of fused-ring (bicyclic) bond motifs is 3. The van der Waals surface area contributed by atoms with E-state index in [0.717, 1.165) is 18.8 Å². The highest BCUT2D eigenvalue weighted by molar-refractivity contribution is 5.75. The fourth-order valence-corrected chi connectivity index (χ4v) is 7.09. The second kappa shape index (κ2) is 9.45. The van der Waals surface area contributed by atoms with E-state index in [1.54, 1.807) is 14.2 Å². The van der Waals surface area contributed by atoms with Crippen molar-refractivity contribution in [3.8, 4) is 0 Å². The highest BCUT2D eigenvalue weighted by Crippen LogP contribution is 2.50. The molecule has 0 aromatic heterocycles. The van der Waals surface area contributed by atoms with Gasteiger partial charge in [0, 0.05) is 25.9 Å². The number of aliphatic imine (C=N–C) groups is 1. The van der Waals surface area contributed by atoms with Crippen LogP contribution in [-0.4, -0.2) is 61.1 Å². The molecule has 178 valence electrons. The molecule has 4 aliphatic carbocycles. The number of hydrogen-bond donors (Lipinski definition) is 4. The zero-order valence-electron chi connectivity index (χ0n) is 19.3. The molecule has 0 spiro atoms. The molecule has 0 saturated heterocycles. The normalized spacial score (nSPS) is 46.2. The van der Waals surface area contributed by atoms with E-state index in [1.807, 2.05) is 0 Å². The van der Waals surface area contributed by atoms with Crippen molar-refractivity contribution in [2.45, 2.75) is 82.0 Å². The average molecular weight is 446 g/mol. The van der Waals surface area contributed by atoms with Crippen molar-refractivity contribution in [2.24, 2.45) is 34.6 Å². The summed E-state index contributed by atoms with van der Waals surface area (Å²) >= 11 is 0. The highest BCUT2D eigenvalue weighted by Gasteiger charge is 2.46. The molecule has 0 aromatic rings. The second-order valence-corrected chi connectivity index (χ2v) is 10.3. The van der Waals surface area contributed by atoms with Gasteiger partial charge in [-0.15, -0.1) is 0 Å². The molecule has 32 heavy (non-hydrogen) atoms. The van der Waals surface area contributed by atoms with Crippen molar-refractivity contribution in [1.29, 1.82) is 0 Å². The van der Waals surface area contributed by atoms with Crippen LogP contribution in [0, 0.1) is 29.6 Å². The number of amidine groups is 1. The number of hydrogen-bond acceptors (Lipinski definition) is 7. The van der Waals surface area contributed by atoms with E-state index in [0.29, 0.717) is 36.6 Å². The van der Waals surface area contributed by atoms with E-state index in [4.69, 9.17) is 14.5 Å². The molecule has 2 saturated carbocycles. The molecule has 5 aliphatic rings. The van der Waals surface area contributed by atoms with Gasteiger partial charge < -0.3 is 25.0 Å². The Morgan fingerprint density at radius 1 is 1.06 bits per heavy atom. The number of nitrogens with zero attached hydrogens (tertiary/aromatic N) is 1. The summed E-state index contributed by atoms with van der Waals surface area (Å²) in [4.78, 5) is 4.87. The molecule has 1 aliphatic heterocycles. The molecular weight excluding hydrogens is 406 g/mol. The van der Waals surface area contributed by atoms with Gasteiger partial charge in [-0.3, -0.25) is 5.32 Å². The average Bonchev–Trinajstić information content (AvgIpc) is 2.82. The number of aliphatic hydroxyl groups is 2. The van der Waals surface area contributed by atoms with Crippen LogP contribution in [-0.2, 0) is 9.47 Å². The van der Waals surface area contributed by atoms with Crippen LogP contribution in [0.1, 0.15) is 51.4 Å². The molecule has 0 bridgehead atoms. The first-order chi connectivity index (χ1) is 15.6. The SMILES string of the molecule is COC1=NC(C2=CC3CCCCC3C3C=CCCC23)NC(C2C(O)CC(OC)CC2O)N1. The Labute approximate surface area is 191 Å². The van der Waals surface area contributed by atoms with Crippen molar-refractivity contribution in [2.75, 3.05) is 14.2 Å². The monoisotopic (exact) mass is 445 g/mol. The van der Waals surface area contributed by atoms with Gasteiger partial charge in [-0.25, -0.2) is 4.99 Å². The summed E-state index contributed by atoms with van der Waals surface area (Å²) in [6, 6.07) is 0.474. The largest absolute Gasteiger partial charge is 0.469 e. The van der Waals surface area contributed by atoms with Crippen molar-refractivity contribution in [1.82, 2.24) is 10.6 Å². The Bertz CT molecular complexity index is 756. The Hall–Kier alpha value is -1.41. The molecule has 0 aromatic carbocycles. The topological polar surface area (TPSA) is 95.3 Å². The Kier molecular flexibility index (Phi) is 6.61. The molecule has 7 nitrogen and oxygen atoms in total. The number of ether oxygens (including phenoxy) is 2. The van der Waals surface area contributed by atoms with Gasteiger partial charge in [0.15, 0.2) is 0 Å². The molecule has 1 heterocycles. The molecule has 2 fully saturated rings. The maximum absolute atomic E-state index is 10.9. The third-order valence-corrected chi connectivity index (χ3v) is 8.66. The predicted molar refractivity (Wildman–Crippen MR) is 123 cm³/mol. The van der Waals surface area contributed by atoms with Crippen LogP contribution in [0.25, 0.3) is 0 Å². The van der Waals surface area contributed by atoms with Crippen LogP contribution >= 0.6 is 0 Å². The summed E-state index contributed by atoms with van der Waals surface area (Å²) in [6.45, 7) is 0. The lowest BCUT2D eigenvalue weighted by atomic mass is 9.60. The number of aliphatic hydroxyl groups excluding tert-OH is 2. The van der Waals surface area contributed by atoms with Crippen molar-refractivity contribution in [3.63, 3.8) is 0 Å². The Morgan fingerprint density at radius 2 is 1.84 bits per heavy atom. The van der Waals surface area contributed by atoms with Gasteiger partial charge in [0.1, 0.15) is 6.17 Å². The van der Waals surface area contributed by atoms with Crippen LogP contribution in [0.5, 0.6) is 0 Å². The molecule has 0 amide bonds. The fourth-order valence-electron chi connectivity index (χ4n) is 7.09. The van der Waals surface area contributed by atoms with Gasteiger partial charge in [-0.1, -0.05) is 31.1 Å². The van der Waals surface area contributed by atoms with E-state index in [9.17, 15) is 10.2 Å². The minimum absolute atomic E-state index is 0.120. The van der Waals surface area contributed by atoms with E-state index < -0.39 is 12.2 Å². The lowest BCUT2D eigenvalue weighted by Gasteiger charge is -2.48. The minimum Gasteiger partial charge on any atom is -0.469 e. The third kappa shape index (κ3) is 4.13. The third-order valence-electron chi connectivity index (χ3n) is 8.66. The van der Waals surface area contributed by atoms with Crippen LogP contribution < -0.4 is 10.6 Å². The minimum atomic E-state index is -0.668. The lowest BCUT2D eigenvalue weighted by molar-refractivity contribution is -0.0976. The zero-order chi connectivity index (χ0) is 22.2.